The zero-order valence-electron chi connectivity index (χ0n) is 17.3. The van der Waals surface area contributed by atoms with Gasteiger partial charge < -0.3 is 15.2 Å². The quantitative estimate of drug-likeness (QED) is 0.385. The maximum absolute atomic E-state index is 13.0. The first kappa shape index (κ1) is 21.5. The normalized spacial score (nSPS) is 14.1. The minimum atomic E-state index is -0.107. The Kier molecular flexibility index (Phi) is 6.20. The number of halogens is 2. The molecule has 3 heterocycles. The van der Waals surface area contributed by atoms with E-state index in [0.717, 1.165) is 54.5 Å². The Balaban J connectivity index is 1.44. The van der Waals surface area contributed by atoms with Gasteiger partial charge in [-0.2, -0.15) is 0 Å². The van der Waals surface area contributed by atoms with E-state index in [4.69, 9.17) is 23.2 Å². The molecule has 2 N–H and O–H groups in total. The fourth-order valence-electron chi connectivity index (χ4n) is 4.30. The van der Waals surface area contributed by atoms with E-state index >= 15 is 0 Å². The summed E-state index contributed by atoms with van der Waals surface area (Å²) in [4.78, 5) is 17.6. The number of carbonyl (C=O) groups is 1. The maximum Gasteiger partial charge on any atom is 0.246 e. The number of carbonyl (C=O) groups excluding carboxylic acids is 1. The third-order valence-electron chi connectivity index (χ3n) is 5.77. The number of benzene rings is 2. The van der Waals surface area contributed by atoms with E-state index in [-0.39, 0.29) is 12.5 Å². The minimum absolute atomic E-state index is 0.107. The van der Waals surface area contributed by atoms with Gasteiger partial charge in [0, 0.05) is 22.0 Å². The molecule has 0 atom stereocenters. The molecular formula is C24H22Cl2N4OS. The van der Waals surface area contributed by atoms with Crippen molar-refractivity contribution < 1.29 is 4.79 Å². The number of amides is 1. The van der Waals surface area contributed by atoms with Crippen molar-refractivity contribution in [3.05, 3.63) is 69.1 Å². The van der Waals surface area contributed by atoms with Gasteiger partial charge in [-0.1, -0.05) is 53.5 Å². The van der Waals surface area contributed by atoms with E-state index in [2.05, 4.69) is 20.2 Å². The van der Waals surface area contributed by atoms with Crippen LogP contribution >= 0.6 is 34.5 Å². The Morgan fingerprint density at radius 2 is 1.94 bits per heavy atom. The highest BCUT2D eigenvalue weighted by molar-refractivity contribution is 7.14. The highest BCUT2D eigenvalue weighted by Crippen LogP contribution is 2.35. The summed E-state index contributed by atoms with van der Waals surface area (Å²) in [5, 5.41) is 11.1. The third-order valence-corrected chi connectivity index (χ3v) is 7.25. The Bertz CT molecular complexity index is 1280. The number of nitrogens with zero attached hydrogens (tertiary/aromatic N) is 2. The molecule has 4 aromatic rings. The molecule has 0 saturated carbocycles. The molecular weight excluding hydrogens is 463 g/mol. The van der Waals surface area contributed by atoms with Crippen molar-refractivity contribution in [1.29, 1.82) is 0 Å². The number of rotatable bonds is 4. The molecule has 0 saturated heterocycles. The predicted molar refractivity (Wildman–Crippen MR) is 133 cm³/mol. The zero-order valence-corrected chi connectivity index (χ0v) is 19.7. The summed E-state index contributed by atoms with van der Waals surface area (Å²) in [7, 11) is 0. The van der Waals surface area contributed by atoms with E-state index in [1.54, 1.807) is 0 Å². The molecule has 1 amide bonds. The molecule has 0 radical (unpaired) electrons. The Morgan fingerprint density at radius 1 is 1.12 bits per heavy atom. The van der Waals surface area contributed by atoms with E-state index in [1.165, 1.54) is 22.6 Å². The Labute approximate surface area is 200 Å². The van der Waals surface area contributed by atoms with Crippen LogP contribution in [0.3, 0.4) is 0 Å². The van der Waals surface area contributed by atoms with Crippen molar-refractivity contribution in [2.75, 3.05) is 18.4 Å². The van der Waals surface area contributed by atoms with Crippen LogP contribution in [-0.4, -0.2) is 28.5 Å². The molecule has 2 aromatic heterocycles. The fraction of sp³-hybridized carbons (Fsp3) is 0.250. The lowest BCUT2D eigenvalue weighted by Crippen LogP contribution is -2.24. The summed E-state index contributed by atoms with van der Waals surface area (Å²) in [6.07, 6.45) is 2.81. The third kappa shape index (κ3) is 4.28. The second kappa shape index (κ2) is 9.24. The molecule has 8 heteroatoms. The lowest BCUT2D eigenvalue weighted by Gasteiger charge is -2.15. The lowest BCUT2D eigenvalue weighted by atomic mass is 10.0. The van der Waals surface area contributed by atoms with Gasteiger partial charge in [0.05, 0.1) is 21.3 Å². The van der Waals surface area contributed by atoms with Gasteiger partial charge in [-0.05, 0) is 50.0 Å². The molecule has 0 fully saturated rings. The van der Waals surface area contributed by atoms with Crippen LogP contribution in [0.5, 0.6) is 0 Å². The molecule has 1 aliphatic rings. The van der Waals surface area contributed by atoms with Gasteiger partial charge in [0.15, 0.2) is 5.13 Å². The van der Waals surface area contributed by atoms with Crippen LogP contribution in [0.1, 0.15) is 17.7 Å². The first-order chi connectivity index (χ1) is 15.6. The number of aromatic nitrogens is 2. The number of hydrogen-bond acceptors (Lipinski definition) is 4. The van der Waals surface area contributed by atoms with Crippen LogP contribution in [0.25, 0.3) is 22.2 Å². The zero-order chi connectivity index (χ0) is 22.1. The summed E-state index contributed by atoms with van der Waals surface area (Å²) in [5.41, 5.74) is 5.28. The summed E-state index contributed by atoms with van der Waals surface area (Å²) in [6.45, 7) is 2.08. The summed E-state index contributed by atoms with van der Waals surface area (Å²) in [6, 6.07) is 13.8. The fourth-order valence-corrected chi connectivity index (χ4v) is 5.36. The molecule has 1 aliphatic heterocycles. The van der Waals surface area contributed by atoms with Crippen LogP contribution in [0.15, 0.2) is 47.8 Å². The molecule has 0 unspecified atom stereocenters. The van der Waals surface area contributed by atoms with Gasteiger partial charge in [-0.3, -0.25) is 4.79 Å². The van der Waals surface area contributed by atoms with Gasteiger partial charge >= 0.3 is 0 Å². The standard InChI is InChI=1S/C24H22Cl2N4OS/c25-18-11-17-16-8-10-27-9-4-7-21(16)30(22(17)12-19(18)26)13-23(31)29-24-28-20(14-32-24)15-5-2-1-3-6-15/h1-3,5-6,11-12,14,27H,4,7-10,13H2,(H,28,29,31). The summed E-state index contributed by atoms with van der Waals surface area (Å²) >= 11 is 14.1. The molecule has 0 spiro atoms. The van der Waals surface area contributed by atoms with Crippen LogP contribution in [-0.2, 0) is 24.2 Å². The minimum Gasteiger partial charge on any atom is -0.335 e. The van der Waals surface area contributed by atoms with Gasteiger partial charge in [-0.15, -0.1) is 11.3 Å². The van der Waals surface area contributed by atoms with Crippen LogP contribution < -0.4 is 10.6 Å². The molecule has 0 aliphatic carbocycles. The van der Waals surface area contributed by atoms with Crippen molar-refractivity contribution in [1.82, 2.24) is 14.9 Å². The molecule has 32 heavy (non-hydrogen) atoms. The van der Waals surface area contributed by atoms with Crippen LogP contribution in [0.4, 0.5) is 5.13 Å². The number of thiazole rings is 1. The number of hydrogen-bond donors (Lipinski definition) is 2. The van der Waals surface area contributed by atoms with Gasteiger partial charge in [0.25, 0.3) is 0 Å². The second-order valence-corrected chi connectivity index (χ2v) is 9.52. The molecule has 0 bridgehead atoms. The first-order valence-corrected chi connectivity index (χ1v) is 12.2. The SMILES string of the molecule is O=C(Cn1c2c(c3cc(Cl)c(Cl)cc31)CCNCCC2)Nc1nc(-c2ccccc2)cs1. The van der Waals surface area contributed by atoms with Crippen molar-refractivity contribution in [3.63, 3.8) is 0 Å². The number of fused-ring (bicyclic) bond motifs is 3. The van der Waals surface area contributed by atoms with E-state index in [1.807, 2.05) is 47.8 Å². The summed E-state index contributed by atoms with van der Waals surface area (Å²) < 4.78 is 2.10. The lowest BCUT2D eigenvalue weighted by molar-refractivity contribution is -0.116. The van der Waals surface area contributed by atoms with Crippen molar-refractivity contribution >= 4 is 56.5 Å². The second-order valence-electron chi connectivity index (χ2n) is 7.85. The molecule has 2 aromatic carbocycles. The van der Waals surface area contributed by atoms with Crippen molar-refractivity contribution in [2.24, 2.45) is 0 Å². The summed E-state index contributed by atoms with van der Waals surface area (Å²) in [5.74, 6) is -0.107. The highest BCUT2D eigenvalue weighted by atomic mass is 35.5. The van der Waals surface area contributed by atoms with Crippen LogP contribution in [0.2, 0.25) is 10.0 Å². The predicted octanol–water partition coefficient (Wildman–Crippen LogP) is 5.79. The number of anilines is 1. The van der Waals surface area contributed by atoms with E-state index in [9.17, 15) is 4.79 Å². The largest absolute Gasteiger partial charge is 0.335 e. The van der Waals surface area contributed by atoms with Gasteiger partial charge in [-0.25, -0.2) is 4.98 Å². The van der Waals surface area contributed by atoms with Crippen LogP contribution in [0, 0.1) is 0 Å². The monoisotopic (exact) mass is 484 g/mol. The average molecular weight is 485 g/mol. The highest BCUT2D eigenvalue weighted by Gasteiger charge is 2.21. The average Bonchev–Trinajstić information content (AvgIpc) is 3.32. The van der Waals surface area contributed by atoms with E-state index < -0.39 is 0 Å². The number of nitrogens with one attached hydrogen (secondary N) is 2. The van der Waals surface area contributed by atoms with E-state index in [0.29, 0.717) is 15.2 Å². The van der Waals surface area contributed by atoms with Crippen molar-refractivity contribution in [2.45, 2.75) is 25.8 Å². The smallest absolute Gasteiger partial charge is 0.246 e. The molecule has 5 rings (SSSR count). The van der Waals surface area contributed by atoms with Gasteiger partial charge in [0.1, 0.15) is 6.54 Å². The first-order valence-electron chi connectivity index (χ1n) is 10.6. The Hall–Kier alpha value is -2.38. The Morgan fingerprint density at radius 3 is 2.78 bits per heavy atom. The molecule has 5 nitrogen and oxygen atoms in total. The van der Waals surface area contributed by atoms with Gasteiger partial charge in [0.2, 0.25) is 5.91 Å². The topological polar surface area (TPSA) is 59.0 Å². The molecule has 164 valence electrons. The van der Waals surface area contributed by atoms with Crippen molar-refractivity contribution in [3.8, 4) is 11.3 Å². The maximum atomic E-state index is 13.0.